The molecule has 2 aromatic rings. The Kier molecular flexibility index (Phi) is 9.04. The molecule has 1 saturated heterocycles. The van der Waals surface area contributed by atoms with Gasteiger partial charge in [0, 0.05) is 32.3 Å². The van der Waals surface area contributed by atoms with Crippen LogP contribution in [0.3, 0.4) is 0 Å². The van der Waals surface area contributed by atoms with Crippen LogP contribution in [0.25, 0.3) is 0 Å². The maximum absolute atomic E-state index is 12.6. The SMILES string of the molecule is CC(C)CCNC(=O)c1nnc2n1CC1(CC2)CCN(Cc2ccccn2)CC1.O=C(O)C(F)(F)F. The first-order chi connectivity index (χ1) is 17.0. The van der Waals surface area contributed by atoms with Crippen molar-refractivity contribution in [3.8, 4) is 0 Å². The van der Waals surface area contributed by atoms with Crippen LogP contribution in [0.4, 0.5) is 13.2 Å². The Morgan fingerprint density at radius 3 is 2.44 bits per heavy atom. The van der Waals surface area contributed by atoms with E-state index in [1.807, 2.05) is 12.3 Å². The van der Waals surface area contributed by atoms with Gasteiger partial charge in [-0.25, -0.2) is 4.79 Å². The van der Waals surface area contributed by atoms with E-state index in [0.29, 0.717) is 18.3 Å². The summed E-state index contributed by atoms with van der Waals surface area (Å²) in [6.45, 7) is 8.93. The van der Waals surface area contributed by atoms with E-state index < -0.39 is 12.1 Å². The number of rotatable bonds is 6. The van der Waals surface area contributed by atoms with Gasteiger partial charge < -0.3 is 15.0 Å². The first-order valence-electron chi connectivity index (χ1n) is 12.1. The van der Waals surface area contributed by atoms with Gasteiger partial charge in [0.2, 0.25) is 5.82 Å². The van der Waals surface area contributed by atoms with Crippen molar-refractivity contribution >= 4 is 11.9 Å². The lowest BCUT2D eigenvalue weighted by molar-refractivity contribution is -0.192. The molecule has 1 amide bonds. The van der Waals surface area contributed by atoms with Gasteiger partial charge in [-0.15, -0.1) is 10.2 Å². The second-order valence-corrected chi connectivity index (χ2v) is 9.86. The summed E-state index contributed by atoms with van der Waals surface area (Å²) in [4.78, 5) is 28.5. The number of nitrogens with zero attached hydrogens (tertiary/aromatic N) is 5. The molecule has 198 valence electrons. The molecule has 0 radical (unpaired) electrons. The lowest BCUT2D eigenvalue weighted by atomic mass is 9.73. The molecule has 0 atom stereocenters. The van der Waals surface area contributed by atoms with E-state index in [4.69, 9.17) is 9.90 Å². The Balaban J connectivity index is 0.000000454. The molecule has 0 aliphatic carbocycles. The molecule has 2 aliphatic rings. The van der Waals surface area contributed by atoms with Gasteiger partial charge in [-0.1, -0.05) is 19.9 Å². The van der Waals surface area contributed by atoms with Gasteiger partial charge >= 0.3 is 12.1 Å². The summed E-state index contributed by atoms with van der Waals surface area (Å²) in [5.74, 6) is -0.831. The third-order valence-electron chi connectivity index (χ3n) is 6.68. The minimum Gasteiger partial charge on any atom is -0.475 e. The van der Waals surface area contributed by atoms with Crippen LogP contribution < -0.4 is 5.32 Å². The molecule has 36 heavy (non-hydrogen) atoms. The number of hydrogen-bond donors (Lipinski definition) is 2. The van der Waals surface area contributed by atoms with Gasteiger partial charge in [0.25, 0.3) is 5.91 Å². The number of likely N-dealkylation sites (tertiary alicyclic amines) is 1. The van der Waals surface area contributed by atoms with Crippen molar-refractivity contribution < 1.29 is 27.9 Å². The highest BCUT2D eigenvalue weighted by atomic mass is 19.4. The Labute approximate surface area is 208 Å². The maximum Gasteiger partial charge on any atom is 0.490 e. The highest BCUT2D eigenvalue weighted by molar-refractivity contribution is 5.90. The topological polar surface area (TPSA) is 113 Å². The number of aromatic nitrogens is 4. The lowest BCUT2D eigenvalue weighted by Crippen LogP contribution is -2.45. The standard InChI is InChI=1S/C22H32N6O.C2HF3O2/c1-17(2)7-12-24-21(29)20-26-25-19-6-8-22(16-28(19)20)9-13-27(14-10-22)15-18-5-3-4-11-23-18;3-2(4,5)1(6)7/h3-5,11,17H,6-10,12-16H2,1-2H3,(H,24,29);(H,6,7). The van der Waals surface area contributed by atoms with E-state index in [0.717, 1.165) is 69.8 Å². The number of carbonyl (C=O) groups excluding carboxylic acids is 1. The first kappa shape index (κ1) is 27.6. The van der Waals surface area contributed by atoms with Crippen LogP contribution in [0.2, 0.25) is 0 Å². The number of nitrogens with one attached hydrogen (secondary N) is 1. The van der Waals surface area contributed by atoms with E-state index >= 15 is 0 Å². The Bertz CT molecular complexity index is 1020. The largest absolute Gasteiger partial charge is 0.490 e. The summed E-state index contributed by atoms with van der Waals surface area (Å²) in [6.07, 6.45) is 2.09. The molecule has 0 aromatic carbocycles. The molecule has 2 aromatic heterocycles. The molecule has 0 unspecified atom stereocenters. The minimum absolute atomic E-state index is 0.0889. The first-order valence-corrected chi connectivity index (χ1v) is 12.1. The number of carboxylic acid groups (broad SMARTS) is 1. The fourth-order valence-corrected chi connectivity index (χ4v) is 4.51. The molecular weight excluding hydrogens is 477 g/mol. The summed E-state index contributed by atoms with van der Waals surface area (Å²) < 4.78 is 33.8. The highest BCUT2D eigenvalue weighted by Crippen LogP contribution is 2.41. The maximum atomic E-state index is 12.6. The number of pyridine rings is 1. The number of alkyl halides is 3. The van der Waals surface area contributed by atoms with Crippen LogP contribution in [-0.2, 0) is 24.3 Å². The average molecular weight is 511 g/mol. The van der Waals surface area contributed by atoms with Crippen LogP contribution in [0.1, 0.15) is 61.7 Å². The predicted octanol–water partition coefficient (Wildman–Crippen LogP) is 3.31. The second-order valence-electron chi connectivity index (χ2n) is 9.86. The summed E-state index contributed by atoms with van der Waals surface area (Å²) in [7, 11) is 0. The number of carbonyl (C=O) groups is 2. The summed E-state index contributed by atoms with van der Waals surface area (Å²) in [6, 6.07) is 6.11. The van der Waals surface area contributed by atoms with Gasteiger partial charge in [0.15, 0.2) is 0 Å². The average Bonchev–Trinajstić information content (AvgIpc) is 3.24. The summed E-state index contributed by atoms with van der Waals surface area (Å²) in [5, 5.41) is 18.7. The predicted molar refractivity (Wildman–Crippen MR) is 125 cm³/mol. The summed E-state index contributed by atoms with van der Waals surface area (Å²) >= 11 is 0. The monoisotopic (exact) mass is 510 g/mol. The minimum atomic E-state index is -5.08. The molecule has 1 fully saturated rings. The van der Waals surface area contributed by atoms with Crippen molar-refractivity contribution in [2.24, 2.45) is 11.3 Å². The lowest BCUT2D eigenvalue weighted by Gasteiger charge is -2.44. The molecule has 2 N–H and O–H groups in total. The van der Waals surface area contributed by atoms with Crippen LogP contribution in [0.5, 0.6) is 0 Å². The molecule has 12 heteroatoms. The molecule has 0 bridgehead atoms. The Morgan fingerprint density at radius 1 is 1.17 bits per heavy atom. The van der Waals surface area contributed by atoms with Crippen LogP contribution in [0.15, 0.2) is 24.4 Å². The molecule has 4 rings (SSSR count). The van der Waals surface area contributed by atoms with Gasteiger partial charge in [0.05, 0.1) is 5.69 Å². The molecule has 9 nitrogen and oxygen atoms in total. The number of aryl methyl sites for hydroxylation is 1. The van der Waals surface area contributed by atoms with Crippen molar-refractivity contribution in [2.75, 3.05) is 19.6 Å². The summed E-state index contributed by atoms with van der Waals surface area (Å²) in [5.41, 5.74) is 1.39. The molecule has 1 spiro atoms. The van der Waals surface area contributed by atoms with Crippen LogP contribution in [0, 0.1) is 11.3 Å². The number of hydrogen-bond acceptors (Lipinski definition) is 6. The van der Waals surface area contributed by atoms with Gasteiger partial charge in [-0.3, -0.25) is 14.7 Å². The Hall–Kier alpha value is -3.02. The molecule has 2 aliphatic heterocycles. The number of aliphatic carboxylic acids is 1. The van der Waals surface area contributed by atoms with Crippen molar-refractivity contribution in [2.45, 2.75) is 65.2 Å². The zero-order chi connectivity index (χ0) is 26.3. The second kappa shape index (κ2) is 11.8. The normalized spacial score (nSPS) is 17.3. The van der Waals surface area contributed by atoms with E-state index in [1.54, 1.807) is 0 Å². The quantitative estimate of drug-likeness (QED) is 0.613. The Morgan fingerprint density at radius 2 is 1.86 bits per heavy atom. The number of piperidine rings is 1. The van der Waals surface area contributed by atoms with Crippen molar-refractivity contribution in [1.82, 2.24) is 30.0 Å². The number of amides is 1. The molecule has 0 saturated carbocycles. The number of fused-ring (bicyclic) bond motifs is 1. The van der Waals surface area contributed by atoms with E-state index in [2.05, 4.69) is 55.9 Å². The van der Waals surface area contributed by atoms with Crippen molar-refractivity contribution in [3.05, 3.63) is 41.7 Å². The van der Waals surface area contributed by atoms with E-state index in [9.17, 15) is 18.0 Å². The zero-order valence-corrected chi connectivity index (χ0v) is 20.6. The number of halogens is 3. The van der Waals surface area contributed by atoms with Crippen LogP contribution >= 0.6 is 0 Å². The third-order valence-corrected chi connectivity index (χ3v) is 6.68. The van der Waals surface area contributed by atoms with E-state index in [1.165, 1.54) is 0 Å². The third kappa shape index (κ3) is 7.49. The van der Waals surface area contributed by atoms with Crippen LogP contribution in [-0.4, -0.2) is 67.4 Å². The van der Waals surface area contributed by atoms with E-state index in [-0.39, 0.29) is 11.3 Å². The fourth-order valence-electron chi connectivity index (χ4n) is 4.51. The van der Waals surface area contributed by atoms with Crippen molar-refractivity contribution in [1.29, 1.82) is 0 Å². The van der Waals surface area contributed by atoms with Gasteiger partial charge in [-0.2, -0.15) is 13.2 Å². The van der Waals surface area contributed by atoms with Crippen molar-refractivity contribution in [3.63, 3.8) is 0 Å². The number of carboxylic acids is 1. The highest BCUT2D eigenvalue weighted by Gasteiger charge is 2.40. The van der Waals surface area contributed by atoms with Gasteiger partial charge in [0.1, 0.15) is 5.82 Å². The fraction of sp³-hybridized carbons (Fsp3) is 0.625. The molecule has 4 heterocycles. The smallest absolute Gasteiger partial charge is 0.475 e. The zero-order valence-electron chi connectivity index (χ0n) is 20.6. The van der Waals surface area contributed by atoms with Gasteiger partial charge in [-0.05, 0) is 62.2 Å². The molecular formula is C24H33F3N6O3.